The van der Waals surface area contributed by atoms with Crippen LogP contribution < -0.4 is 5.73 Å². The molecule has 4 nitrogen and oxygen atoms in total. The summed E-state index contributed by atoms with van der Waals surface area (Å²) in [5.41, 5.74) is 3.62. The summed E-state index contributed by atoms with van der Waals surface area (Å²) in [4.78, 5) is 13.1. The van der Waals surface area contributed by atoms with Gasteiger partial charge in [0.25, 0.3) is 0 Å². The molecule has 4 rings (SSSR count). The molecule has 2 saturated heterocycles. The van der Waals surface area contributed by atoms with E-state index in [-0.39, 0.29) is 18.0 Å². The second kappa shape index (κ2) is 13.5. The first-order valence-corrected chi connectivity index (χ1v) is 11.3. The van der Waals surface area contributed by atoms with E-state index in [2.05, 4.69) is 19.1 Å². The van der Waals surface area contributed by atoms with Crippen molar-refractivity contribution in [2.75, 3.05) is 6.54 Å². The normalized spacial score (nSPS) is 18.9. The Morgan fingerprint density at radius 2 is 1.49 bits per heavy atom. The molecule has 2 aliphatic heterocycles. The van der Waals surface area contributed by atoms with Crippen molar-refractivity contribution < 1.29 is 36.2 Å². The molecule has 3 N–H and O–H groups in total. The van der Waals surface area contributed by atoms with Crippen LogP contribution in [-0.2, 0) is 23.8 Å². The number of carbonyl (C=O) groups excluding carboxylic acids is 1. The summed E-state index contributed by atoms with van der Waals surface area (Å²) >= 11 is 0. The highest BCUT2D eigenvalue weighted by Gasteiger charge is 2.39. The molecule has 2 aromatic carbocycles. The number of hydrogen-bond donors (Lipinski definition) is 2. The summed E-state index contributed by atoms with van der Waals surface area (Å²) in [6, 6.07) is 11.5. The Morgan fingerprint density at radius 3 is 1.86 bits per heavy atom. The van der Waals surface area contributed by atoms with Gasteiger partial charge in [0.1, 0.15) is 0 Å². The van der Waals surface area contributed by atoms with Crippen molar-refractivity contribution in [3.05, 3.63) is 70.8 Å². The molecule has 0 bridgehead atoms. The standard InChI is InChI=1S/C9H6F6O.C7H12N2O.C7H8.C2H6/c10-8(11,12)6-1-5(4-16)2-7(3-6)9(13,14)15;8-6-4-5-2-1-3-9(5)7(6)10;1-7-5-3-2-4-6-7;1-2/h1-3,16H,4H2;5-6H,1-4,8H2;2-6H,1H3;1-2H3. The fourth-order valence-electron chi connectivity index (χ4n) is 3.62. The molecule has 2 aliphatic rings. The average Bonchev–Trinajstić information content (AvgIpc) is 3.37. The van der Waals surface area contributed by atoms with Crippen molar-refractivity contribution in [3.63, 3.8) is 0 Å². The van der Waals surface area contributed by atoms with Crippen LogP contribution in [0.4, 0.5) is 26.3 Å². The van der Waals surface area contributed by atoms with E-state index in [1.54, 1.807) is 0 Å². The Hall–Kier alpha value is -2.59. The van der Waals surface area contributed by atoms with Gasteiger partial charge in [-0.3, -0.25) is 4.79 Å². The van der Waals surface area contributed by atoms with Gasteiger partial charge in [-0.1, -0.05) is 49.7 Å². The van der Waals surface area contributed by atoms with Crippen LogP contribution in [0.15, 0.2) is 48.5 Å². The Bertz CT molecular complexity index is 884. The van der Waals surface area contributed by atoms with E-state index < -0.39 is 35.6 Å². The van der Waals surface area contributed by atoms with Crippen LogP contribution >= 0.6 is 0 Å². The predicted octanol–water partition coefficient (Wildman–Crippen LogP) is 5.95. The lowest BCUT2D eigenvalue weighted by atomic mass is 10.1. The fraction of sp³-hybridized carbons (Fsp3) is 0.480. The molecule has 35 heavy (non-hydrogen) atoms. The lowest BCUT2D eigenvalue weighted by molar-refractivity contribution is -0.143. The summed E-state index contributed by atoms with van der Waals surface area (Å²) < 4.78 is 73.3. The highest BCUT2D eigenvalue weighted by molar-refractivity contribution is 5.84. The Kier molecular flexibility index (Phi) is 11.7. The number of rotatable bonds is 1. The highest BCUT2D eigenvalue weighted by Crippen LogP contribution is 2.36. The zero-order valence-electron chi connectivity index (χ0n) is 20.0. The topological polar surface area (TPSA) is 66.6 Å². The zero-order valence-corrected chi connectivity index (χ0v) is 20.0. The smallest absolute Gasteiger partial charge is 0.392 e. The number of carbonyl (C=O) groups is 1. The molecule has 0 spiro atoms. The lowest BCUT2D eigenvalue weighted by Crippen LogP contribution is -2.33. The van der Waals surface area contributed by atoms with Crippen LogP contribution in [-0.4, -0.2) is 34.5 Å². The van der Waals surface area contributed by atoms with E-state index in [9.17, 15) is 31.1 Å². The second-order valence-electron chi connectivity index (χ2n) is 7.90. The van der Waals surface area contributed by atoms with E-state index in [4.69, 9.17) is 10.8 Å². The van der Waals surface area contributed by atoms with Crippen molar-refractivity contribution in [1.29, 1.82) is 0 Å². The average molecular weight is 507 g/mol. The SMILES string of the molecule is CC.Cc1ccccc1.NC1CC2CCCN2C1=O.OCc1cc(C(F)(F)F)cc(C(F)(F)F)c1. The summed E-state index contributed by atoms with van der Waals surface area (Å²) in [6.07, 6.45) is -6.52. The van der Waals surface area contributed by atoms with E-state index in [1.807, 2.05) is 36.9 Å². The van der Waals surface area contributed by atoms with E-state index in [1.165, 1.54) is 18.4 Å². The van der Waals surface area contributed by atoms with Crippen molar-refractivity contribution in [2.45, 2.75) is 71.1 Å². The zero-order chi connectivity index (χ0) is 26.8. The molecular weight excluding hydrogens is 474 g/mol. The van der Waals surface area contributed by atoms with Gasteiger partial charge in [0, 0.05) is 12.6 Å². The van der Waals surface area contributed by atoms with Gasteiger partial charge in [0.15, 0.2) is 0 Å². The number of hydrogen-bond acceptors (Lipinski definition) is 3. The maximum Gasteiger partial charge on any atom is 0.416 e. The molecule has 0 aliphatic carbocycles. The maximum absolute atomic E-state index is 12.2. The third-order valence-electron chi connectivity index (χ3n) is 5.27. The van der Waals surface area contributed by atoms with E-state index in [0.29, 0.717) is 18.2 Å². The predicted molar refractivity (Wildman–Crippen MR) is 122 cm³/mol. The van der Waals surface area contributed by atoms with Gasteiger partial charge in [0.2, 0.25) is 5.91 Å². The van der Waals surface area contributed by atoms with Gasteiger partial charge in [-0.05, 0) is 49.9 Å². The third-order valence-corrected chi connectivity index (χ3v) is 5.27. The largest absolute Gasteiger partial charge is 0.416 e. The Balaban J connectivity index is 0.000000273. The lowest BCUT2D eigenvalue weighted by Gasteiger charge is -2.13. The summed E-state index contributed by atoms with van der Waals surface area (Å²) in [6.45, 7) is 6.14. The van der Waals surface area contributed by atoms with Gasteiger partial charge < -0.3 is 15.7 Å². The van der Waals surface area contributed by atoms with Crippen LogP contribution in [0, 0.1) is 6.92 Å². The minimum atomic E-state index is -4.87. The molecule has 0 aromatic heterocycles. The fourth-order valence-corrected chi connectivity index (χ4v) is 3.62. The minimum absolute atomic E-state index is 0.0131. The molecular formula is C25H32F6N2O2. The second-order valence-corrected chi connectivity index (χ2v) is 7.90. The molecule has 2 atom stereocenters. The first kappa shape index (κ1) is 30.4. The minimum Gasteiger partial charge on any atom is -0.392 e. The first-order chi connectivity index (χ1) is 16.3. The first-order valence-electron chi connectivity index (χ1n) is 11.3. The Labute approximate surface area is 201 Å². The molecule has 196 valence electrons. The number of nitrogens with two attached hydrogens (primary N) is 1. The van der Waals surface area contributed by atoms with Crippen molar-refractivity contribution in [1.82, 2.24) is 4.90 Å². The number of halogens is 6. The molecule has 2 aromatic rings. The molecule has 2 fully saturated rings. The number of nitrogens with zero attached hydrogens (tertiary/aromatic N) is 1. The summed E-state index contributed by atoms with van der Waals surface area (Å²) in [7, 11) is 0. The highest BCUT2D eigenvalue weighted by atomic mass is 19.4. The van der Waals surface area contributed by atoms with Gasteiger partial charge in [0.05, 0.1) is 23.8 Å². The molecule has 2 heterocycles. The van der Waals surface area contributed by atoms with Crippen LogP contribution in [0.1, 0.15) is 55.4 Å². The number of benzene rings is 2. The van der Waals surface area contributed by atoms with E-state index >= 15 is 0 Å². The van der Waals surface area contributed by atoms with Crippen LogP contribution in [0.25, 0.3) is 0 Å². The summed E-state index contributed by atoms with van der Waals surface area (Å²) in [5.74, 6) is 0.169. The van der Waals surface area contributed by atoms with Crippen LogP contribution in [0.2, 0.25) is 0 Å². The molecule has 0 saturated carbocycles. The van der Waals surface area contributed by atoms with Crippen molar-refractivity contribution >= 4 is 5.91 Å². The molecule has 0 radical (unpaired) electrons. The quantitative estimate of drug-likeness (QED) is 0.470. The van der Waals surface area contributed by atoms with Crippen molar-refractivity contribution in [2.24, 2.45) is 5.73 Å². The monoisotopic (exact) mass is 506 g/mol. The number of fused-ring (bicyclic) bond motifs is 1. The number of aryl methyl sites for hydroxylation is 1. The number of aliphatic hydroxyl groups excluding tert-OH is 1. The van der Waals surface area contributed by atoms with Gasteiger partial charge in [-0.25, -0.2) is 0 Å². The number of amides is 1. The Morgan fingerprint density at radius 1 is 0.971 bits per heavy atom. The molecule has 10 heteroatoms. The third kappa shape index (κ3) is 9.52. The van der Waals surface area contributed by atoms with Gasteiger partial charge >= 0.3 is 12.4 Å². The van der Waals surface area contributed by atoms with Crippen LogP contribution in [0.5, 0.6) is 0 Å². The van der Waals surface area contributed by atoms with Crippen molar-refractivity contribution in [3.8, 4) is 0 Å². The maximum atomic E-state index is 12.2. The summed E-state index contributed by atoms with van der Waals surface area (Å²) in [5, 5.41) is 8.58. The number of alkyl halides is 6. The molecule has 1 amide bonds. The van der Waals surface area contributed by atoms with Gasteiger partial charge in [-0.2, -0.15) is 26.3 Å². The molecule has 2 unspecified atom stereocenters. The van der Waals surface area contributed by atoms with E-state index in [0.717, 1.165) is 13.0 Å². The van der Waals surface area contributed by atoms with Crippen LogP contribution in [0.3, 0.4) is 0 Å². The van der Waals surface area contributed by atoms with Gasteiger partial charge in [-0.15, -0.1) is 0 Å². The number of aliphatic hydroxyl groups is 1.